The molecule has 0 atom stereocenters. The van der Waals surface area contributed by atoms with Crippen molar-refractivity contribution in [1.29, 1.82) is 0 Å². The van der Waals surface area contributed by atoms with Crippen LogP contribution in [0.1, 0.15) is 15.9 Å². The number of carbonyl (C=O) groups excluding carboxylic acids is 1. The maximum absolute atomic E-state index is 12.2. The number of methoxy groups -OCH3 is 1. The smallest absolute Gasteiger partial charge is 0.255 e. The van der Waals surface area contributed by atoms with Gasteiger partial charge in [0.2, 0.25) is 0 Å². The summed E-state index contributed by atoms with van der Waals surface area (Å²) < 4.78 is 5.21. The Kier molecular flexibility index (Phi) is 4.47. The molecular weight excluding hydrogens is 299 g/mol. The average molecular weight is 311 g/mol. The molecule has 6 heteroatoms. The largest absolute Gasteiger partial charge is 0.495 e. The average Bonchev–Trinajstić information content (AvgIpc) is 2.37. The predicted molar refractivity (Wildman–Crippen MR) is 79.9 cm³/mol. The van der Waals surface area contributed by atoms with E-state index in [0.717, 1.165) is 5.56 Å². The summed E-state index contributed by atoms with van der Waals surface area (Å²) in [6.07, 6.45) is 0. The van der Waals surface area contributed by atoms with Crippen molar-refractivity contribution in [2.24, 2.45) is 0 Å². The Morgan fingerprint density at radius 3 is 2.45 bits per heavy atom. The number of pyridine rings is 1. The molecule has 1 aromatic heterocycles. The lowest BCUT2D eigenvalue weighted by atomic mass is 10.2. The van der Waals surface area contributed by atoms with Gasteiger partial charge in [-0.1, -0.05) is 29.3 Å². The molecule has 1 amide bonds. The Morgan fingerprint density at radius 1 is 1.20 bits per heavy atom. The Hall–Kier alpha value is -1.78. The van der Waals surface area contributed by atoms with Gasteiger partial charge >= 0.3 is 0 Å². The van der Waals surface area contributed by atoms with E-state index < -0.39 is 0 Å². The van der Waals surface area contributed by atoms with Crippen LogP contribution in [0.15, 0.2) is 30.3 Å². The van der Waals surface area contributed by atoms with Gasteiger partial charge in [-0.2, -0.15) is 0 Å². The number of amides is 1. The Balaban J connectivity index is 2.29. The molecule has 1 heterocycles. The topological polar surface area (TPSA) is 51.2 Å². The number of hydrogen-bond acceptors (Lipinski definition) is 3. The van der Waals surface area contributed by atoms with Crippen LogP contribution in [-0.2, 0) is 0 Å². The fourth-order valence-corrected chi connectivity index (χ4v) is 2.17. The summed E-state index contributed by atoms with van der Waals surface area (Å²) in [5, 5.41) is 3.10. The second-order valence-electron chi connectivity index (χ2n) is 4.16. The maximum atomic E-state index is 12.2. The number of anilines is 1. The van der Waals surface area contributed by atoms with E-state index in [0.29, 0.717) is 17.0 Å². The van der Waals surface area contributed by atoms with Crippen molar-refractivity contribution < 1.29 is 9.53 Å². The van der Waals surface area contributed by atoms with Crippen molar-refractivity contribution in [2.75, 3.05) is 12.4 Å². The Bertz CT molecular complexity index is 639. The predicted octanol–water partition coefficient (Wildman–Crippen LogP) is 3.96. The summed E-state index contributed by atoms with van der Waals surface area (Å²) >= 11 is 11.6. The summed E-state index contributed by atoms with van der Waals surface area (Å²) in [4.78, 5) is 16.0. The SMILES string of the molecule is COc1ccc(C)cc1NC(=O)c1cc(Cl)nc(Cl)c1. The third-order valence-electron chi connectivity index (χ3n) is 2.63. The molecule has 0 saturated carbocycles. The number of aromatic nitrogens is 1. The van der Waals surface area contributed by atoms with Gasteiger partial charge in [0.1, 0.15) is 16.1 Å². The number of rotatable bonds is 3. The maximum Gasteiger partial charge on any atom is 0.255 e. The van der Waals surface area contributed by atoms with Gasteiger partial charge in [0.15, 0.2) is 0 Å². The molecule has 0 saturated heterocycles. The van der Waals surface area contributed by atoms with Gasteiger partial charge in [0.25, 0.3) is 5.91 Å². The fourth-order valence-electron chi connectivity index (χ4n) is 1.71. The number of benzene rings is 1. The number of carbonyl (C=O) groups is 1. The van der Waals surface area contributed by atoms with E-state index in [1.54, 1.807) is 13.2 Å². The lowest BCUT2D eigenvalue weighted by Gasteiger charge is -2.11. The molecule has 0 unspecified atom stereocenters. The summed E-state index contributed by atoms with van der Waals surface area (Å²) in [5.41, 5.74) is 1.92. The first-order valence-electron chi connectivity index (χ1n) is 5.78. The van der Waals surface area contributed by atoms with E-state index >= 15 is 0 Å². The molecule has 0 aliphatic carbocycles. The van der Waals surface area contributed by atoms with Crippen molar-refractivity contribution in [3.63, 3.8) is 0 Å². The molecule has 2 aromatic rings. The van der Waals surface area contributed by atoms with Crippen molar-refractivity contribution in [3.8, 4) is 5.75 Å². The molecule has 4 nitrogen and oxygen atoms in total. The molecule has 0 spiro atoms. The first-order chi connectivity index (χ1) is 9.49. The Morgan fingerprint density at radius 2 is 1.85 bits per heavy atom. The first-order valence-corrected chi connectivity index (χ1v) is 6.54. The number of hydrogen-bond donors (Lipinski definition) is 1. The molecule has 0 radical (unpaired) electrons. The van der Waals surface area contributed by atoms with Crippen LogP contribution in [0, 0.1) is 6.92 Å². The third kappa shape index (κ3) is 3.40. The highest BCUT2D eigenvalue weighted by Crippen LogP contribution is 2.26. The minimum atomic E-state index is -0.333. The standard InChI is InChI=1S/C14H12Cl2N2O2/c1-8-3-4-11(20-2)10(5-8)17-14(19)9-6-12(15)18-13(16)7-9/h3-7H,1-2H3,(H,17,19). The van der Waals surface area contributed by atoms with Crippen molar-refractivity contribution in [2.45, 2.75) is 6.92 Å². The van der Waals surface area contributed by atoms with Crippen LogP contribution in [0.4, 0.5) is 5.69 Å². The van der Waals surface area contributed by atoms with Gasteiger partial charge in [0.05, 0.1) is 12.8 Å². The van der Waals surface area contributed by atoms with E-state index in [4.69, 9.17) is 27.9 Å². The number of nitrogens with one attached hydrogen (secondary N) is 1. The van der Waals surface area contributed by atoms with Crippen LogP contribution in [-0.4, -0.2) is 18.0 Å². The zero-order valence-electron chi connectivity index (χ0n) is 10.9. The van der Waals surface area contributed by atoms with Gasteiger partial charge in [-0.05, 0) is 36.8 Å². The van der Waals surface area contributed by atoms with Crippen LogP contribution in [0.5, 0.6) is 5.75 Å². The molecule has 0 aliphatic heterocycles. The van der Waals surface area contributed by atoms with E-state index in [2.05, 4.69) is 10.3 Å². The van der Waals surface area contributed by atoms with E-state index in [-0.39, 0.29) is 16.2 Å². The van der Waals surface area contributed by atoms with Crippen LogP contribution in [0.25, 0.3) is 0 Å². The normalized spacial score (nSPS) is 10.2. The van der Waals surface area contributed by atoms with Gasteiger partial charge in [-0.3, -0.25) is 4.79 Å². The lowest BCUT2D eigenvalue weighted by Crippen LogP contribution is -2.13. The van der Waals surface area contributed by atoms with Crippen molar-refractivity contribution in [3.05, 3.63) is 51.8 Å². The highest BCUT2D eigenvalue weighted by molar-refractivity contribution is 6.33. The lowest BCUT2D eigenvalue weighted by molar-refractivity contribution is 0.102. The summed E-state index contributed by atoms with van der Waals surface area (Å²) in [6, 6.07) is 8.41. The monoisotopic (exact) mass is 310 g/mol. The second kappa shape index (κ2) is 6.11. The van der Waals surface area contributed by atoms with Gasteiger partial charge in [0, 0.05) is 5.56 Å². The van der Waals surface area contributed by atoms with Gasteiger partial charge < -0.3 is 10.1 Å². The molecule has 104 valence electrons. The van der Waals surface area contributed by atoms with Crippen molar-refractivity contribution in [1.82, 2.24) is 4.98 Å². The molecule has 0 aliphatic rings. The Labute approximate surface area is 126 Å². The molecular formula is C14H12Cl2N2O2. The zero-order valence-corrected chi connectivity index (χ0v) is 12.4. The summed E-state index contributed by atoms with van der Waals surface area (Å²) in [5.74, 6) is 0.246. The van der Waals surface area contributed by atoms with Crippen LogP contribution >= 0.6 is 23.2 Å². The minimum Gasteiger partial charge on any atom is -0.495 e. The van der Waals surface area contributed by atoms with E-state index in [9.17, 15) is 4.79 Å². The number of ether oxygens (including phenoxy) is 1. The number of nitrogens with zero attached hydrogens (tertiary/aromatic N) is 1. The van der Waals surface area contributed by atoms with Gasteiger partial charge in [-0.15, -0.1) is 0 Å². The molecule has 0 bridgehead atoms. The molecule has 2 rings (SSSR count). The van der Waals surface area contributed by atoms with Gasteiger partial charge in [-0.25, -0.2) is 4.98 Å². The van der Waals surface area contributed by atoms with Crippen LogP contribution in [0.2, 0.25) is 10.3 Å². The third-order valence-corrected chi connectivity index (χ3v) is 3.02. The van der Waals surface area contributed by atoms with E-state index in [1.807, 2.05) is 19.1 Å². The highest BCUT2D eigenvalue weighted by atomic mass is 35.5. The first kappa shape index (κ1) is 14.6. The fraction of sp³-hybridized carbons (Fsp3) is 0.143. The second-order valence-corrected chi connectivity index (χ2v) is 4.93. The number of aryl methyl sites for hydroxylation is 1. The molecule has 1 aromatic carbocycles. The molecule has 0 fully saturated rings. The quantitative estimate of drug-likeness (QED) is 0.873. The highest BCUT2D eigenvalue weighted by Gasteiger charge is 2.12. The molecule has 20 heavy (non-hydrogen) atoms. The summed E-state index contributed by atoms with van der Waals surface area (Å²) in [6.45, 7) is 1.93. The van der Waals surface area contributed by atoms with E-state index in [1.165, 1.54) is 12.1 Å². The minimum absolute atomic E-state index is 0.166. The molecule has 1 N–H and O–H groups in total. The zero-order chi connectivity index (χ0) is 14.7. The van der Waals surface area contributed by atoms with Crippen molar-refractivity contribution >= 4 is 34.8 Å². The van der Waals surface area contributed by atoms with Crippen LogP contribution in [0.3, 0.4) is 0 Å². The van der Waals surface area contributed by atoms with Crippen LogP contribution < -0.4 is 10.1 Å². The summed E-state index contributed by atoms with van der Waals surface area (Å²) in [7, 11) is 1.54. The number of halogens is 2.